The first-order chi connectivity index (χ1) is 10.1. The highest BCUT2D eigenvalue weighted by molar-refractivity contribution is 5.53. The minimum atomic E-state index is -0.146. The summed E-state index contributed by atoms with van der Waals surface area (Å²) in [5.41, 5.74) is 8.56. The molecule has 3 rings (SSSR count). The van der Waals surface area contributed by atoms with Crippen molar-refractivity contribution in [1.29, 1.82) is 0 Å². The molecule has 108 valence electrons. The highest BCUT2D eigenvalue weighted by Crippen LogP contribution is 2.17. The average molecular weight is 284 g/mol. The van der Waals surface area contributed by atoms with Crippen LogP contribution in [0.1, 0.15) is 30.0 Å². The van der Waals surface area contributed by atoms with E-state index in [2.05, 4.69) is 20.5 Å². The summed E-state index contributed by atoms with van der Waals surface area (Å²) in [5.74, 6) is 1.05. The third-order valence-corrected chi connectivity index (χ3v) is 3.09. The van der Waals surface area contributed by atoms with Crippen LogP contribution in [0.25, 0.3) is 11.5 Å². The van der Waals surface area contributed by atoms with Crippen molar-refractivity contribution >= 4 is 0 Å². The molecule has 0 saturated carbocycles. The summed E-state index contributed by atoms with van der Waals surface area (Å²) in [6.45, 7) is 4.29. The molecule has 0 aliphatic rings. The van der Waals surface area contributed by atoms with Crippen molar-refractivity contribution in [3.63, 3.8) is 0 Å². The van der Waals surface area contributed by atoms with Crippen molar-refractivity contribution in [2.75, 3.05) is 0 Å². The van der Waals surface area contributed by atoms with Gasteiger partial charge < -0.3 is 10.3 Å². The average Bonchev–Trinajstić information content (AvgIpc) is 3.10. The van der Waals surface area contributed by atoms with E-state index in [9.17, 15) is 0 Å². The van der Waals surface area contributed by atoms with Crippen molar-refractivity contribution in [3.05, 3.63) is 47.5 Å². The normalized spacial score (nSPS) is 12.5. The highest BCUT2D eigenvalue weighted by atomic mass is 16.5. The lowest BCUT2D eigenvalue weighted by Crippen LogP contribution is -2.05. The van der Waals surface area contributed by atoms with Crippen LogP contribution in [0, 0.1) is 6.92 Å². The van der Waals surface area contributed by atoms with Crippen molar-refractivity contribution in [2.24, 2.45) is 5.73 Å². The van der Waals surface area contributed by atoms with Gasteiger partial charge in [-0.25, -0.2) is 4.68 Å². The molecule has 0 saturated heterocycles. The molecular formula is C14H16N6O. The maximum atomic E-state index is 5.75. The molecule has 7 nitrogen and oxygen atoms in total. The van der Waals surface area contributed by atoms with Gasteiger partial charge in [0.1, 0.15) is 6.54 Å². The molecule has 0 aliphatic heterocycles. The standard InChI is InChI=1S/C14H16N6O/c1-9-3-5-11(6-4-9)14-16-13(18-21-14)8-20-7-12(10(2)15)17-19-20/h3-7,10H,8,15H2,1-2H3. The lowest BCUT2D eigenvalue weighted by atomic mass is 10.1. The van der Waals surface area contributed by atoms with Gasteiger partial charge in [0.2, 0.25) is 0 Å². The molecule has 21 heavy (non-hydrogen) atoms. The predicted octanol–water partition coefficient (Wildman–Crippen LogP) is 1.70. The summed E-state index contributed by atoms with van der Waals surface area (Å²) in [6, 6.07) is 7.77. The number of rotatable bonds is 4. The predicted molar refractivity (Wildman–Crippen MR) is 76.2 cm³/mol. The Labute approximate surface area is 121 Å². The van der Waals surface area contributed by atoms with E-state index in [4.69, 9.17) is 10.3 Å². The number of hydrogen-bond acceptors (Lipinski definition) is 6. The number of aromatic nitrogens is 5. The lowest BCUT2D eigenvalue weighted by Gasteiger charge is -1.96. The van der Waals surface area contributed by atoms with Crippen LogP contribution in [-0.2, 0) is 6.54 Å². The summed E-state index contributed by atoms with van der Waals surface area (Å²) < 4.78 is 6.91. The molecule has 2 aromatic heterocycles. The summed E-state index contributed by atoms with van der Waals surface area (Å²) in [7, 11) is 0. The monoisotopic (exact) mass is 284 g/mol. The second-order valence-corrected chi connectivity index (χ2v) is 5.01. The maximum absolute atomic E-state index is 5.75. The van der Waals surface area contributed by atoms with Crippen molar-refractivity contribution in [3.8, 4) is 11.5 Å². The smallest absolute Gasteiger partial charge is 0.257 e. The van der Waals surface area contributed by atoms with Crippen LogP contribution in [0.15, 0.2) is 35.0 Å². The van der Waals surface area contributed by atoms with Crippen LogP contribution < -0.4 is 5.73 Å². The highest BCUT2D eigenvalue weighted by Gasteiger charge is 2.11. The van der Waals surface area contributed by atoms with Crippen LogP contribution in [0.4, 0.5) is 0 Å². The Balaban J connectivity index is 1.76. The molecule has 0 radical (unpaired) electrons. The van der Waals surface area contributed by atoms with E-state index < -0.39 is 0 Å². The zero-order valence-electron chi connectivity index (χ0n) is 11.9. The van der Waals surface area contributed by atoms with Crippen LogP contribution in [-0.4, -0.2) is 25.1 Å². The summed E-state index contributed by atoms with van der Waals surface area (Å²) in [4.78, 5) is 4.36. The first-order valence-corrected chi connectivity index (χ1v) is 6.67. The molecule has 1 atom stereocenters. The molecule has 2 heterocycles. The van der Waals surface area contributed by atoms with E-state index in [0.29, 0.717) is 18.3 Å². The topological polar surface area (TPSA) is 95.7 Å². The van der Waals surface area contributed by atoms with E-state index in [1.54, 1.807) is 10.9 Å². The number of aryl methyl sites for hydroxylation is 1. The fourth-order valence-electron chi connectivity index (χ4n) is 1.88. The Kier molecular flexibility index (Phi) is 3.49. The molecule has 7 heteroatoms. The number of hydrogen-bond donors (Lipinski definition) is 1. The molecular weight excluding hydrogens is 268 g/mol. The molecule has 1 aromatic carbocycles. The molecule has 1 unspecified atom stereocenters. The SMILES string of the molecule is Cc1ccc(-c2nc(Cn3cc(C(C)N)nn3)no2)cc1. The van der Waals surface area contributed by atoms with Gasteiger partial charge in [0, 0.05) is 11.6 Å². The zero-order chi connectivity index (χ0) is 14.8. The van der Waals surface area contributed by atoms with E-state index in [0.717, 1.165) is 11.3 Å². The minimum Gasteiger partial charge on any atom is -0.334 e. The summed E-state index contributed by atoms with van der Waals surface area (Å²) in [5, 5.41) is 11.9. The lowest BCUT2D eigenvalue weighted by molar-refractivity contribution is 0.418. The molecule has 0 fully saturated rings. The van der Waals surface area contributed by atoms with E-state index in [1.165, 1.54) is 5.56 Å². The summed E-state index contributed by atoms with van der Waals surface area (Å²) >= 11 is 0. The van der Waals surface area contributed by atoms with Crippen molar-refractivity contribution < 1.29 is 4.52 Å². The first-order valence-electron chi connectivity index (χ1n) is 6.67. The second-order valence-electron chi connectivity index (χ2n) is 5.01. The molecule has 0 bridgehead atoms. The van der Waals surface area contributed by atoms with Crippen LogP contribution in [0.5, 0.6) is 0 Å². The van der Waals surface area contributed by atoms with E-state index in [1.807, 2.05) is 38.1 Å². The van der Waals surface area contributed by atoms with Gasteiger partial charge in [-0.2, -0.15) is 4.98 Å². The van der Waals surface area contributed by atoms with Gasteiger partial charge in [0.25, 0.3) is 5.89 Å². The van der Waals surface area contributed by atoms with Gasteiger partial charge in [-0.15, -0.1) is 5.10 Å². The van der Waals surface area contributed by atoms with Gasteiger partial charge in [-0.1, -0.05) is 28.1 Å². The maximum Gasteiger partial charge on any atom is 0.257 e. The Morgan fingerprint density at radius 3 is 2.71 bits per heavy atom. The van der Waals surface area contributed by atoms with Gasteiger partial charge in [-0.3, -0.25) is 0 Å². The Bertz CT molecular complexity index is 728. The van der Waals surface area contributed by atoms with Gasteiger partial charge in [-0.05, 0) is 26.0 Å². The van der Waals surface area contributed by atoms with Crippen LogP contribution >= 0.6 is 0 Å². The third-order valence-electron chi connectivity index (χ3n) is 3.09. The fourth-order valence-corrected chi connectivity index (χ4v) is 1.88. The van der Waals surface area contributed by atoms with Crippen molar-refractivity contribution in [1.82, 2.24) is 25.1 Å². The van der Waals surface area contributed by atoms with E-state index >= 15 is 0 Å². The third kappa shape index (κ3) is 2.97. The summed E-state index contributed by atoms with van der Waals surface area (Å²) in [6.07, 6.45) is 1.78. The molecule has 0 spiro atoms. The van der Waals surface area contributed by atoms with Crippen LogP contribution in [0.2, 0.25) is 0 Å². The zero-order valence-corrected chi connectivity index (χ0v) is 11.9. The molecule has 0 aliphatic carbocycles. The number of benzene rings is 1. The second kappa shape index (κ2) is 5.45. The Morgan fingerprint density at radius 2 is 2.05 bits per heavy atom. The van der Waals surface area contributed by atoms with E-state index in [-0.39, 0.29) is 6.04 Å². The number of nitrogens with two attached hydrogens (primary N) is 1. The Hall–Kier alpha value is -2.54. The Morgan fingerprint density at radius 1 is 1.29 bits per heavy atom. The van der Waals surface area contributed by atoms with Crippen molar-refractivity contribution in [2.45, 2.75) is 26.4 Å². The van der Waals surface area contributed by atoms with Gasteiger partial charge >= 0.3 is 0 Å². The first kappa shape index (κ1) is 13.4. The van der Waals surface area contributed by atoms with Crippen LogP contribution in [0.3, 0.4) is 0 Å². The quantitative estimate of drug-likeness (QED) is 0.783. The van der Waals surface area contributed by atoms with Gasteiger partial charge in [0.15, 0.2) is 5.82 Å². The molecule has 3 aromatic rings. The van der Waals surface area contributed by atoms with Gasteiger partial charge in [0.05, 0.1) is 11.9 Å². The fraction of sp³-hybridized carbons (Fsp3) is 0.286. The molecule has 2 N–H and O–H groups in total. The minimum absolute atomic E-state index is 0.146. The molecule has 0 amide bonds. The largest absolute Gasteiger partial charge is 0.334 e. The number of nitrogens with zero attached hydrogens (tertiary/aromatic N) is 5.